The van der Waals surface area contributed by atoms with Gasteiger partial charge in [0.2, 0.25) is 11.7 Å². The Bertz CT molecular complexity index is 956. The second-order valence-electron chi connectivity index (χ2n) is 4.93. The summed E-state index contributed by atoms with van der Waals surface area (Å²) in [6.45, 7) is 0. The smallest absolute Gasteiger partial charge is 0.234 e. The van der Waals surface area contributed by atoms with Crippen molar-refractivity contribution in [3.8, 4) is 28.7 Å². The van der Waals surface area contributed by atoms with Gasteiger partial charge in [-0.1, -0.05) is 0 Å². The molecule has 0 unspecified atom stereocenters. The number of rotatable bonds is 5. The SMILES string of the molecule is NC(=N/N=C/c1ccc(O)c(O)c1N=O)N/N=C/c1ccc(O)c(O)c1O. The molecular weight excluding hydrogens is 360 g/mol. The van der Waals surface area contributed by atoms with Crippen LogP contribution in [0.25, 0.3) is 0 Å². The molecule has 0 saturated carbocycles. The number of phenols is 5. The van der Waals surface area contributed by atoms with Gasteiger partial charge in [-0.15, -0.1) is 10.0 Å². The molecule has 140 valence electrons. The summed E-state index contributed by atoms with van der Waals surface area (Å²) in [6, 6.07) is 4.88. The number of hydrogen-bond donors (Lipinski definition) is 7. The molecular formula is C15H14N6O6. The predicted molar refractivity (Wildman–Crippen MR) is 96.6 cm³/mol. The maximum atomic E-state index is 10.7. The highest BCUT2D eigenvalue weighted by Gasteiger charge is 2.11. The molecule has 27 heavy (non-hydrogen) atoms. The summed E-state index contributed by atoms with van der Waals surface area (Å²) in [5.74, 6) is -3.22. The molecule has 0 heterocycles. The molecule has 0 aromatic heterocycles. The molecule has 2 rings (SSSR count). The molecule has 0 saturated heterocycles. The first-order valence-electron chi connectivity index (χ1n) is 7.13. The van der Waals surface area contributed by atoms with Crippen LogP contribution >= 0.6 is 0 Å². The Kier molecular flexibility index (Phi) is 5.73. The second-order valence-corrected chi connectivity index (χ2v) is 4.93. The fourth-order valence-corrected chi connectivity index (χ4v) is 1.82. The summed E-state index contributed by atoms with van der Waals surface area (Å²) >= 11 is 0. The molecule has 0 amide bonds. The third-order valence-corrected chi connectivity index (χ3v) is 3.16. The van der Waals surface area contributed by atoms with Crippen molar-refractivity contribution in [2.24, 2.45) is 26.2 Å². The standard InChI is InChI=1S/C15H14N6O6/c16-15(20-18-6-8-2-4-10(23)14(26)12(8)24)19-17-5-7-1-3-9(22)13(25)11(7)21-27/h1-6,22-26H,(H3,16,19,20)/b17-5+,18-6+. The maximum Gasteiger partial charge on any atom is 0.234 e. The quantitative estimate of drug-likeness (QED) is 0.131. The minimum absolute atomic E-state index is 0.0878. The molecule has 12 nitrogen and oxygen atoms in total. The number of nitroso groups, excluding NO2 is 1. The highest BCUT2D eigenvalue weighted by atomic mass is 16.3. The minimum atomic E-state index is -0.693. The second kappa shape index (κ2) is 8.15. The fraction of sp³-hybridized carbons (Fsp3) is 0. The molecule has 8 N–H and O–H groups in total. The lowest BCUT2D eigenvalue weighted by Crippen LogP contribution is -2.26. The third-order valence-electron chi connectivity index (χ3n) is 3.16. The largest absolute Gasteiger partial charge is 0.504 e. The zero-order valence-electron chi connectivity index (χ0n) is 13.5. The lowest BCUT2D eigenvalue weighted by Gasteiger charge is -2.03. The molecule has 0 radical (unpaired) electrons. The van der Waals surface area contributed by atoms with Gasteiger partial charge in [0.25, 0.3) is 0 Å². The van der Waals surface area contributed by atoms with Gasteiger partial charge < -0.3 is 31.3 Å². The van der Waals surface area contributed by atoms with Gasteiger partial charge in [-0.2, -0.15) is 10.2 Å². The van der Waals surface area contributed by atoms with E-state index in [1.165, 1.54) is 12.1 Å². The van der Waals surface area contributed by atoms with Crippen LogP contribution in [0.3, 0.4) is 0 Å². The molecule has 0 atom stereocenters. The van der Waals surface area contributed by atoms with Crippen molar-refractivity contribution in [3.63, 3.8) is 0 Å². The fourth-order valence-electron chi connectivity index (χ4n) is 1.82. The van der Waals surface area contributed by atoms with E-state index in [4.69, 9.17) is 5.73 Å². The van der Waals surface area contributed by atoms with E-state index < -0.39 is 34.4 Å². The van der Waals surface area contributed by atoms with Crippen LogP contribution < -0.4 is 11.2 Å². The molecule has 0 aliphatic heterocycles. The molecule has 2 aromatic rings. The number of benzene rings is 2. The van der Waals surface area contributed by atoms with E-state index in [0.29, 0.717) is 0 Å². The van der Waals surface area contributed by atoms with Gasteiger partial charge in [0, 0.05) is 11.1 Å². The van der Waals surface area contributed by atoms with Crippen LogP contribution in [0.15, 0.2) is 44.7 Å². The van der Waals surface area contributed by atoms with Gasteiger partial charge in [-0.3, -0.25) is 0 Å². The van der Waals surface area contributed by atoms with Crippen LogP contribution in [0.5, 0.6) is 28.7 Å². The summed E-state index contributed by atoms with van der Waals surface area (Å²) in [7, 11) is 0. The van der Waals surface area contributed by atoms with E-state index in [1.807, 2.05) is 0 Å². The van der Waals surface area contributed by atoms with E-state index >= 15 is 0 Å². The van der Waals surface area contributed by atoms with E-state index in [1.54, 1.807) is 0 Å². The van der Waals surface area contributed by atoms with Crippen molar-refractivity contribution in [2.75, 3.05) is 0 Å². The van der Waals surface area contributed by atoms with Crippen LogP contribution in [0.4, 0.5) is 5.69 Å². The van der Waals surface area contributed by atoms with Crippen molar-refractivity contribution >= 4 is 24.1 Å². The number of hydrogen-bond acceptors (Lipinski definition) is 10. The van der Waals surface area contributed by atoms with E-state index in [-0.39, 0.29) is 17.1 Å². The molecule has 0 aliphatic carbocycles. The lowest BCUT2D eigenvalue weighted by molar-refractivity contribution is 0.367. The lowest BCUT2D eigenvalue weighted by atomic mass is 10.1. The first-order chi connectivity index (χ1) is 12.8. The van der Waals surface area contributed by atoms with Gasteiger partial charge >= 0.3 is 0 Å². The topological polar surface area (TPSA) is 206 Å². The third kappa shape index (κ3) is 4.39. The normalized spacial score (nSPS) is 11.9. The maximum absolute atomic E-state index is 10.7. The Balaban J connectivity index is 2.07. The van der Waals surface area contributed by atoms with Crippen LogP contribution in [-0.2, 0) is 0 Å². The Labute approximate surface area is 151 Å². The molecule has 12 heteroatoms. The first kappa shape index (κ1) is 19.0. The average molecular weight is 374 g/mol. The predicted octanol–water partition coefficient (Wildman–Crippen LogP) is 0.885. The first-order valence-corrected chi connectivity index (χ1v) is 7.13. The highest BCUT2D eigenvalue weighted by Crippen LogP contribution is 2.37. The Morgan fingerprint density at radius 2 is 1.52 bits per heavy atom. The summed E-state index contributed by atoms with van der Waals surface area (Å²) in [4.78, 5) is 10.7. The van der Waals surface area contributed by atoms with E-state index in [0.717, 1.165) is 24.6 Å². The van der Waals surface area contributed by atoms with E-state index in [9.17, 15) is 30.4 Å². The summed E-state index contributed by atoms with van der Waals surface area (Å²) in [6.07, 6.45) is 2.17. The Morgan fingerprint density at radius 3 is 2.19 bits per heavy atom. The zero-order valence-corrected chi connectivity index (χ0v) is 13.5. The molecule has 0 fully saturated rings. The van der Waals surface area contributed by atoms with Crippen LogP contribution in [0.2, 0.25) is 0 Å². The van der Waals surface area contributed by atoms with Gasteiger partial charge in [-0.25, -0.2) is 5.43 Å². The molecule has 2 aromatic carbocycles. The van der Waals surface area contributed by atoms with Crippen LogP contribution in [-0.4, -0.2) is 43.9 Å². The Hall–Kier alpha value is -4.35. The monoisotopic (exact) mass is 374 g/mol. The van der Waals surface area contributed by atoms with Crippen molar-refractivity contribution in [1.29, 1.82) is 0 Å². The number of aromatic hydroxyl groups is 5. The number of hydrazone groups is 1. The summed E-state index contributed by atoms with van der Waals surface area (Å²) in [5.41, 5.74) is 7.55. The molecule has 0 bridgehead atoms. The average Bonchev–Trinajstić information content (AvgIpc) is 2.65. The van der Waals surface area contributed by atoms with Crippen LogP contribution in [0.1, 0.15) is 11.1 Å². The summed E-state index contributed by atoms with van der Waals surface area (Å²) in [5, 5.41) is 60.4. The highest BCUT2D eigenvalue weighted by molar-refractivity contribution is 5.90. The van der Waals surface area contributed by atoms with Gasteiger partial charge in [0.05, 0.1) is 12.4 Å². The number of nitrogens with one attached hydrogen (secondary N) is 1. The summed E-state index contributed by atoms with van der Waals surface area (Å²) < 4.78 is 0. The van der Waals surface area contributed by atoms with E-state index in [2.05, 4.69) is 25.9 Å². The van der Waals surface area contributed by atoms with Gasteiger partial charge in [0.15, 0.2) is 28.7 Å². The van der Waals surface area contributed by atoms with Crippen molar-refractivity contribution in [2.45, 2.75) is 0 Å². The van der Waals surface area contributed by atoms with Gasteiger partial charge in [-0.05, 0) is 29.4 Å². The van der Waals surface area contributed by atoms with Crippen molar-refractivity contribution < 1.29 is 25.5 Å². The number of nitrogens with two attached hydrogens (primary N) is 1. The van der Waals surface area contributed by atoms with Crippen LogP contribution in [0, 0.1) is 4.91 Å². The van der Waals surface area contributed by atoms with Crippen molar-refractivity contribution in [3.05, 3.63) is 40.3 Å². The molecule has 0 aliphatic rings. The number of phenolic OH excluding ortho intramolecular Hbond substituents is 5. The molecule has 0 spiro atoms. The number of nitrogens with zero attached hydrogens (tertiary/aromatic N) is 4. The van der Waals surface area contributed by atoms with Gasteiger partial charge in [0.1, 0.15) is 0 Å². The Morgan fingerprint density at radius 1 is 0.889 bits per heavy atom. The zero-order chi connectivity index (χ0) is 20.0. The number of guanidine groups is 1. The minimum Gasteiger partial charge on any atom is -0.504 e. The van der Waals surface area contributed by atoms with Crippen molar-refractivity contribution in [1.82, 2.24) is 5.43 Å².